The maximum absolute atomic E-state index is 12.9. The van der Waals surface area contributed by atoms with Crippen LogP contribution in [0.1, 0.15) is 17.5 Å². The molecule has 4 nitrogen and oxygen atoms in total. The Labute approximate surface area is 146 Å². The van der Waals surface area contributed by atoms with Gasteiger partial charge in [-0.3, -0.25) is 9.59 Å². The molecule has 0 saturated carbocycles. The Balaban J connectivity index is 1.92. The minimum absolute atomic E-state index is 0.454. The lowest BCUT2D eigenvalue weighted by Gasteiger charge is -2.29. The fourth-order valence-electron chi connectivity index (χ4n) is 2.90. The number of anilines is 1. The minimum Gasteiger partial charge on any atom is -0.311 e. The van der Waals surface area contributed by atoms with E-state index >= 15 is 0 Å². The van der Waals surface area contributed by atoms with E-state index in [9.17, 15) is 22.8 Å². The summed E-state index contributed by atoms with van der Waals surface area (Å²) in [6, 6.07) is 7.92. The molecule has 2 aromatic rings. The summed E-state index contributed by atoms with van der Waals surface area (Å²) in [5, 5.41) is -0.568. The number of hydrogen-bond donors (Lipinski definition) is 0. The van der Waals surface area contributed by atoms with Crippen LogP contribution in [-0.4, -0.2) is 17.0 Å². The van der Waals surface area contributed by atoms with Crippen molar-refractivity contribution >= 4 is 23.2 Å². The Morgan fingerprint density at radius 1 is 1.24 bits per heavy atom. The minimum atomic E-state index is -4.65. The largest absolute Gasteiger partial charge is 0.417 e. The van der Waals surface area contributed by atoms with Crippen LogP contribution < -0.4 is 10.5 Å². The average molecular weight is 371 g/mol. The van der Waals surface area contributed by atoms with E-state index in [0.29, 0.717) is 23.4 Å². The number of alkyl halides is 3. The molecule has 0 bridgehead atoms. The SMILES string of the molecule is O=C(Cn1cc(C(F)(F)F)cc(Cl)c1=O)N1CCCc2ccccc21. The van der Waals surface area contributed by atoms with Crippen molar-refractivity contribution in [1.82, 2.24) is 4.57 Å². The topological polar surface area (TPSA) is 42.3 Å². The number of fused-ring (bicyclic) bond motifs is 1. The normalized spacial score (nSPS) is 14.3. The number of benzene rings is 1. The first kappa shape index (κ1) is 17.5. The predicted molar refractivity (Wildman–Crippen MR) is 87.8 cm³/mol. The molecule has 1 aliphatic heterocycles. The van der Waals surface area contributed by atoms with E-state index in [4.69, 9.17) is 11.6 Å². The third-order valence-corrected chi connectivity index (χ3v) is 4.36. The lowest BCUT2D eigenvalue weighted by atomic mass is 10.0. The van der Waals surface area contributed by atoms with Crippen LogP contribution in [0.2, 0.25) is 5.02 Å². The number of hydrogen-bond acceptors (Lipinski definition) is 2. The van der Waals surface area contributed by atoms with E-state index in [0.717, 1.165) is 24.1 Å². The number of carbonyl (C=O) groups excluding carboxylic acids is 1. The summed E-state index contributed by atoms with van der Waals surface area (Å²) in [5.41, 5.74) is -0.168. The van der Waals surface area contributed by atoms with Crippen LogP contribution in [0, 0.1) is 0 Å². The van der Waals surface area contributed by atoms with Crippen LogP contribution >= 0.6 is 11.6 Å². The first-order valence-corrected chi connectivity index (χ1v) is 8.00. The first-order valence-electron chi connectivity index (χ1n) is 7.63. The molecule has 2 heterocycles. The summed E-state index contributed by atoms with van der Waals surface area (Å²) in [4.78, 5) is 26.1. The van der Waals surface area contributed by atoms with Gasteiger partial charge in [0.2, 0.25) is 5.91 Å². The molecule has 1 aromatic carbocycles. The number of halogens is 4. The zero-order chi connectivity index (χ0) is 18.2. The molecule has 0 atom stereocenters. The summed E-state index contributed by atoms with van der Waals surface area (Å²) in [7, 11) is 0. The van der Waals surface area contributed by atoms with Crippen molar-refractivity contribution < 1.29 is 18.0 Å². The van der Waals surface area contributed by atoms with Crippen LogP contribution in [0.4, 0.5) is 18.9 Å². The smallest absolute Gasteiger partial charge is 0.311 e. The molecule has 0 saturated heterocycles. The molecular weight excluding hydrogens is 357 g/mol. The molecule has 0 fully saturated rings. The Kier molecular flexibility index (Phi) is 4.60. The van der Waals surface area contributed by atoms with Crippen LogP contribution in [0.25, 0.3) is 0 Å². The number of pyridine rings is 1. The summed E-state index contributed by atoms with van der Waals surface area (Å²) < 4.78 is 39.4. The Hall–Kier alpha value is -2.28. The van der Waals surface area contributed by atoms with Gasteiger partial charge in [0.25, 0.3) is 5.56 Å². The molecule has 25 heavy (non-hydrogen) atoms. The van der Waals surface area contributed by atoms with Gasteiger partial charge in [0.05, 0.1) is 5.56 Å². The third kappa shape index (κ3) is 3.56. The summed E-state index contributed by atoms with van der Waals surface area (Å²) in [6.45, 7) is -0.0475. The molecule has 1 amide bonds. The van der Waals surface area contributed by atoms with Gasteiger partial charge >= 0.3 is 6.18 Å². The van der Waals surface area contributed by atoms with Gasteiger partial charge in [-0.05, 0) is 30.5 Å². The second-order valence-electron chi connectivity index (χ2n) is 5.79. The van der Waals surface area contributed by atoms with Crippen LogP contribution in [0.3, 0.4) is 0 Å². The van der Waals surface area contributed by atoms with Crippen molar-refractivity contribution in [3.8, 4) is 0 Å². The second-order valence-corrected chi connectivity index (χ2v) is 6.19. The molecule has 1 aliphatic rings. The van der Waals surface area contributed by atoms with E-state index in [2.05, 4.69) is 0 Å². The van der Waals surface area contributed by atoms with Gasteiger partial charge in [-0.1, -0.05) is 29.8 Å². The molecular formula is C17H14ClF3N2O2. The van der Waals surface area contributed by atoms with E-state index < -0.39 is 34.8 Å². The van der Waals surface area contributed by atoms with Crippen LogP contribution in [-0.2, 0) is 23.9 Å². The van der Waals surface area contributed by atoms with Crippen molar-refractivity contribution in [2.75, 3.05) is 11.4 Å². The summed E-state index contributed by atoms with van der Waals surface area (Å²) in [6.07, 6.45) is -2.45. The standard InChI is InChI=1S/C17H14ClF3N2O2/c18-13-8-12(17(19,20)21)9-22(16(13)25)10-15(24)23-7-3-5-11-4-1-2-6-14(11)23/h1-2,4,6,8-9H,3,5,7,10H2. The van der Waals surface area contributed by atoms with Crippen molar-refractivity contribution in [1.29, 1.82) is 0 Å². The average Bonchev–Trinajstić information content (AvgIpc) is 2.57. The van der Waals surface area contributed by atoms with Crippen molar-refractivity contribution in [3.63, 3.8) is 0 Å². The van der Waals surface area contributed by atoms with E-state index in [1.807, 2.05) is 12.1 Å². The predicted octanol–water partition coefficient (Wildman–Crippen LogP) is 3.50. The monoisotopic (exact) mass is 370 g/mol. The van der Waals surface area contributed by atoms with Gasteiger partial charge in [-0.2, -0.15) is 13.2 Å². The highest BCUT2D eigenvalue weighted by Gasteiger charge is 2.32. The number of aromatic nitrogens is 1. The molecule has 8 heteroatoms. The fraction of sp³-hybridized carbons (Fsp3) is 0.294. The van der Waals surface area contributed by atoms with Gasteiger partial charge < -0.3 is 9.47 Å². The molecule has 0 unspecified atom stereocenters. The quantitative estimate of drug-likeness (QED) is 0.812. The van der Waals surface area contributed by atoms with Crippen LogP contribution in [0.15, 0.2) is 41.3 Å². The number of para-hydroxylation sites is 1. The van der Waals surface area contributed by atoms with E-state index in [1.54, 1.807) is 12.1 Å². The highest BCUT2D eigenvalue weighted by atomic mass is 35.5. The molecule has 0 N–H and O–H groups in total. The number of aryl methyl sites for hydroxylation is 1. The zero-order valence-corrected chi connectivity index (χ0v) is 13.8. The maximum atomic E-state index is 12.9. The van der Waals surface area contributed by atoms with Crippen molar-refractivity contribution in [3.05, 3.63) is 63.0 Å². The first-order chi connectivity index (χ1) is 11.8. The Morgan fingerprint density at radius 3 is 2.68 bits per heavy atom. The molecule has 0 aliphatic carbocycles. The number of amides is 1. The Bertz CT molecular complexity index is 877. The molecule has 3 rings (SSSR count). The van der Waals surface area contributed by atoms with Gasteiger partial charge in [0.1, 0.15) is 11.6 Å². The summed E-state index contributed by atoms with van der Waals surface area (Å²) in [5.74, 6) is -0.454. The number of rotatable bonds is 2. The van der Waals surface area contributed by atoms with E-state index in [-0.39, 0.29) is 0 Å². The summed E-state index contributed by atoms with van der Waals surface area (Å²) >= 11 is 5.62. The number of carbonyl (C=O) groups is 1. The third-order valence-electron chi connectivity index (χ3n) is 4.09. The van der Waals surface area contributed by atoms with Gasteiger partial charge in [-0.15, -0.1) is 0 Å². The molecule has 1 aromatic heterocycles. The van der Waals surface area contributed by atoms with Crippen molar-refractivity contribution in [2.45, 2.75) is 25.6 Å². The molecule has 0 spiro atoms. The number of nitrogens with zero attached hydrogens (tertiary/aromatic N) is 2. The highest BCUT2D eigenvalue weighted by molar-refractivity contribution is 6.30. The maximum Gasteiger partial charge on any atom is 0.417 e. The van der Waals surface area contributed by atoms with Gasteiger partial charge in [0, 0.05) is 18.4 Å². The zero-order valence-electron chi connectivity index (χ0n) is 13.0. The lowest BCUT2D eigenvalue weighted by Crippen LogP contribution is -2.39. The Morgan fingerprint density at radius 2 is 1.96 bits per heavy atom. The van der Waals surface area contributed by atoms with Gasteiger partial charge in [-0.25, -0.2) is 0 Å². The second kappa shape index (κ2) is 6.55. The highest BCUT2D eigenvalue weighted by Crippen LogP contribution is 2.30. The fourth-order valence-corrected chi connectivity index (χ4v) is 3.12. The molecule has 0 radical (unpaired) electrons. The van der Waals surface area contributed by atoms with Crippen molar-refractivity contribution in [2.24, 2.45) is 0 Å². The lowest BCUT2D eigenvalue weighted by molar-refractivity contribution is -0.138. The van der Waals surface area contributed by atoms with Crippen LogP contribution in [0.5, 0.6) is 0 Å². The molecule has 132 valence electrons. The van der Waals surface area contributed by atoms with Gasteiger partial charge in [0.15, 0.2) is 0 Å². The van der Waals surface area contributed by atoms with E-state index in [1.165, 1.54) is 4.90 Å².